The molecule has 0 saturated heterocycles. The molecule has 0 amide bonds. The second-order valence-electron chi connectivity index (χ2n) is 4.49. The van der Waals surface area contributed by atoms with E-state index in [1.807, 2.05) is 0 Å². The van der Waals surface area contributed by atoms with Gasteiger partial charge in [-0.1, -0.05) is 13.3 Å². The van der Waals surface area contributed by atoms with Crippen LogP contribution in [0.25, 0.3) is 0 Å². The Morgan fingerprint density at radius 2 is 2.31 bits per heavy atom. The quantitative estimate of drug-likeness (QED) is 0.832. The first-order chi connectivity index (χ1) is 7.71. The molecular weight excluding hydrogens is 222 g/mol. The van der Waals surface area contributed by atoms with E-state index in [9.17, 15) is 0 Å². The molecule has 5 heteroatoms. The summed E-state index contributed by atoms with van der Waals surface area (Å²) in [7, 11) is 1.63. The molecule has 4 nitrogen and oxygen atoms in total. The van der Waals surface area contributed by atoms with Gasteiger partial charge in [-0.2, -0.15) is 4.37 Å². The first kappa shape index (κ1) is 11.5. The number of nitrogens with one attached hydrogen (secondary N) is 1. The highest BCUT2D eigenvalue weighted by Crippen LogP contribution is 2.45. The minimum absolute atomic E-state index is 0.481. The summed E-state index contributed by atoms with van der Waals surface area (Å²) in [5.41, 5.74) is 6.19. The average molecular weight is 241 g/mol. The van der Waals surface area contributed by atoms with Crippen LogP contribution in [0.15, 0.2) is 0 Å². The summed E-state index contributed by atoms with van der Waals surface area (Å²) in [5.74, 6) is 1.17. The summed E-state index contributed by atoms with van der Waals surface area (Å²) in [6, 6.07) is 0. The van der Waals surface area contributed by atoms with Crippen LogP contribution in [0.4, 0.5) is 10.8 Å². The van der Waals surface area contributed by atoms with Crippen molar-refractivity contribution >= 4 is 22.4 Å². The fourth-order valence-corrected chi connectivity index (χ4v) is 2.88. The molecule has 0 atom stereocenters. The van der Waals surface area contributed by atoms with Gasteiger partial charge in [0.05, 0.1) is 7.11 Å². The second-order valence-corrected chi connectivity index (χ2v) is 5.26. The van der Waals surface area contributed by atoms with Crippen molar-refractivity contribution in [3.63, 3.8) is 0 Å². The number of aromatic nitrogens is 1. The average Bonchev–Trinajstić information content (AvgIpc) is 2.58. The number of ether oxygens (including phenoxy) is 1. The van der Waals surface area contributed by atoms with Crippen LogP contribution in [-0.4, -0.2) is 18.0 Å². The van der Waals surface area contributed by atoms with E-state index in [0.29, 0.717) is 17.0 Å². The van der Waals surface area contributed by atoms with Gasteiger partial charge < -0.3 is 15.8 Å². The zero-order valence-electron chi connectivity index (χ0n) is 9.88. The Morgan fingerprint density at radius 3 is 2.81 bits per heavy atom. The van der Waals surface area contributed by atoms with Crippen LogP contribution in [0.3, 0.4) is 0 Å². The number of anilines is 2. The molecule has 0 aromatic carbocycles. The molecule has 0 bridgehead atoms. The Morgan fingerprint density at radius 1 is 1.56 bits per heavy atom. The topological polar surface area (TPSA) is 60.2 Å². The van der Waals surface area contributed by atoms with E-state index >= 15 is 0 Å². The van der Waals surface area contributed by atoms with E-state index in [-0.39, 0.29) is 0 Å². The Balaban J connectivity index is 1.98. The maximum absolute atomic E-state index is 5.70. The van der Waals surface area contributed by atoms with Crippen LogP contribution in [0, 0.1) is 5.41 Å². The fourth-order valence-electron chi connectivity index (χ4n) is 2.20. The van der Waals surface area contributed by atoms with E-state index in [4.69, 9.17) is 10.5 Å². The third-order valence-corrected chi connectivity index (χ3v) is 4.47. The summed E-state index contributed by atoms with van der Waals surface area (Å²) in [6.45, 7) is 3.26. The Kier molecular flexibility index (Phi) is 3.23. The maximum atomic E-state index is 5.70. The van der Waals surface area contributed by atoms with Crippen molar-refractivity contribution in [1.82, 2.24) is 4.37 Å². The summed E-state index contributed by atoms with van der Waals surface area (Å²) < 4.78 is 9.32. The van der Waals surface area contributed by atoms with Crippen molar-refractivity contribution in [2.45, 2.75) is 32.6 Å². The summed E-state index contributed by atoms with van der Waals surface area (Å²) >= 11 is 1.38. The summed E-state index contributed by atoms with van der Waals surface area (Å²) in [6.07, 6.45) is 5.24. The van der Waals surface area contributed by atoms with Gasteiger partial charge in [-0.15, -0.1) is 0 Å². The second kappa shape index (κ2) is 4.49. The van der Waals surface area contributed by atoms with Gasteiger partial charge in [0.1, 0.15) is 0 Å². The predicted molar refractivity (Wildman–Crippen MR) is 68.1 cm³/mol. The zero-order chi connectivity index (χ0) is 11.6. The molecule has 3 N–H and O–H groups in total. The van der Waals surface area contributed by atoms with Crippen LogP contribution in [0.1, 0.15) is 32.6 Å². The molecule has 1 aliphatic rings. The van der Waals surface area contributed by atoms with Crippen molar-refractivity contribution in [3.05, 3.63) is 0 Å². The number of nitrogens with zero attached hydrogens (tertiary/aromatic N) is 1. The van der Waals surface area contributed by atoms with Gasteiger partial charge in [0, 0.05) is 6.54 Å². The molecule has 0 aliphatic heterocycles. The lowest BCUT2D eigenvalue weighted by Crippen LogP contribution is -2.35. The first-order valence-corrected chi connectivity index (χ1v) is 6.51. The molecule has 16 heavy (non-hydrogen) atoms. The van der Waals surface area contributed by atoms with Crippen molar-refractivity contribution in [3.8, 4) is 5.75 Å². The number of methoxy groups -OCH3 is 1. The largest absolute Gasteiger partial charge is 0.490 e. The smallest absolute Gasteiger partial charge is 0.197 e. The molecule has 1 saturated carbocycles. The van der Waals surface area contributed by atoms with Gasteiger partial charge in [0.25, 0.3) is 0 Å². The molecule has 0 radical (unpaired) electrons. The third kappa shape index (κ3) is 1.96. The standard InChI is InChI=1S/C11H19N3OS/c1-3-11(5-4-6-11)7-13-10-8(15-2)9(12)14-16-10/h13H,3-7H2,1-2H3,(H2,12,14). The van der Waals surface area contributed by atoms with Crippen molar-refractivity contribution in [2.75, 3.05) is 24.7 Å². The molecule has 1 aliphatic carbocycles. The molecule has 0 unspecified atom stereocenters. The predicted octanol–water partition coefficient (Wildman–Crippen LogP) is 2.73. The summed E-state index contributed by atoms with van der Waals surface area (Å²) in [5, 5.41) is 4.39. The van der Waals surface area contributed by atoms with Gasteiger partial charge in [-0.25, -0.2) is 0 Å². The monoisotopic (exact) mass is 241 g/mol. The maximum Gasteiger partial charge on any atom is 0.197 e. The molecule has 2 rings (SSSR count). The number of hydrogen-bond acceptors (Lipinski definition) is 5. The Labute approximate surface area is 100 Å². The zero-order valence-corrected chi connectivity index (χ0v) is 10.7. The highest BCUT2D eigenvalue weighted by Gasteiger charge is 2.35. The summed E-state index contributed by atoms with van der Waals surface area (Å²) in [4.78, 5) is 0. The van der Waals surface area contributed by atoms with Crippen LogP contribution in [0.5, 0.6) is 5.75 Å². The van der Waals surface area contributed by atoms with Gasteiger partial charge in [0.15, 0.2) is 16.6 Å². The minimum atomic E-state index is 0.481. The molecule has 1 heterocycles. The Hall–Kier alpha value is -0.970. The SMILES string of the molecule is CCC1(CNc2snc(N)c2OC)CCC1. The van der Waals surface area contributed by atoms with Crippen LogP contribution in [0.2, 0.25) is 0 Å². The van der Waals surface area contributed by atoms with Crippen molar-refractivity contribution < 1.29 is 4.74 Å². The lowest BCUT2D eigenvalue weighted by Gasteiger charge is -2.41. The van der Waals surface area contributed by atoms with E-state index in [1.165, 1.54) is 37.2 Å². The molecule has 1 aromatic rings. The van der Waals surface area contributed by atoms with Crippen LogP contribution in [-0.2, 0) is 0 Å². The minimum Gasteiger partial charge on any atom is -0.490 e. The molecule has 90 valence electrons. The normalized spacial score (nSPS) is 17.9. The Bertz CT molecular complexity index is 355. The number of rotatable bonds is 5. The van der Waals surface area contributed by atoms with Gasteiger partial charge >= 0.3 is 0 Å². The highest BCUT2D eigenvalue weighted by atomic mass is 32.1. The molecule has 1 aromatic heterocycles. The van der Waals surface area contributed by atoms with Gasteiger partial charge in [-0.05, 0) is 36.2 Å². The van der Waals surface area contributed by atoms with Crippen LogP contribution < -0.4 is 15.8 Å². The van der Waals surface area contributed by atoms with Gasteiger partial charge in [-0.3, -0.25) is 0 Å². The number of nitrogens with two attached hydrogens (primary N) is 1. The van der Waals surface area contributed by atoms with E-state index in [0.717, 1.165) is 11.5 Å². The van der Waals surface area contributed by atoms with E-state index in [1.54, 1.807) is 7.11 Å². The van der Waals surface area contributed by atoms with Crippen molar-refractivity contribution in [2.24, 2.45) is 5.41 Å². The molecular formula is C11H19N3OS. The molecule has 0 spiro atoms. The van der Waals surface area contributed by atoms with E-state index in [2.05, 4.69) is 16.6 Å². The number of hydrogen-bond donors (Lipinski definition) is 2. The third-order valence-electron chi connectivity index (χ3n) is 3.67. The van der Waals surface area contributed by atoms with E-state index < -0.39 is 0 Å². The first-order valence-electron chi connectivity index (χ1n) is 5.74. The fraction of sp³-hybridized carbons (Fsp3) is 0.727. The number of nitrogen functional groups attached to an aromatic ring is 1. The van der Waals surface area contributed by atoms with Gasteiger partial charge in [0.2, 0.25) is 0 Å². The molecule has 1 fully saturated rings. The lowest BCUT2D eigenvalue weighted by molar-refractivity contribution is 0.145. The highest BCUT2D eigenvalue weighted by molar-refractivity contribution is 7.11. The van der Waals surface area contributed by atoms with Crippen LogP contribution >= 0.6 is 11.5 Å². The van der Waals surface area contributed by atoms with Crippen molar-refractivity contribution in [1.29, 1.82) is 0 Å². The lowest BCUT2D eigenvalue weighted by atomic mass is 9.67.